The third-order valence-corrected chi connectivity index (χ3v) is 3.67. The fourth-order valence-electron chi connectivity index (χ4n) is 1.91. The van der Waals surface area contributed by atoms with E-state index in [1.54, 1.807) is 0 Å². The summed E-state index contributed by atoms with van der Waals surface area (Å²) >= 11 is 0. The monoisotopic (exact) mass is 426 g/mol. The van der Waals surface area contributed by atoms with Crippen molar-refractivity contribution in [1.29, 1.82) is 0 Å². The van der Waals surface area contributed by atoms with Gasteiger partial charge >= 0.3 is 0 Å². The Bertz CT molecular complexity index is 295. The zero-order valence-corrected chi connectivity index (χ0v) is 18.3. The number of aliphatic hydroxyl groups is 1. The number of rotatable bonds is 25. The Hall–Kier alpha value is -0.360. The lowest BCUT2D eigenvalue weighted by atomic mass is 10.3. The minimum atomic E-state index is 0.0344. The van der Waals surface area contributed by atoms with Crippen LogP contribution in [0.1, 0.15) is 20.3 Å². The van der Waals surface area contributed by atoms with E-state index < -0.39 is 0 Å². The molecule has 9 nitrogen and oxygen atoms in total. The summed E-state index contributed by atoms with van der Waals surface area (Å²) in [5.74, 6) is 0. The van der Waals surface area contributed by atoms with Crippen molar-refractivity contribution < 1.29 is 43.0 Å². The number of ether oxygens (including phenoxy) is 8. The minimum absolute atomic E-state index is 0.0344. The summed E-state index contributed by atoms with van der Waals surface area (Å²) in [7, 11) is 0. The van der Waals surface area contributed by atoms with E-state index in [2.05, 4.69) is 13.8 Å². The van der Waals surface area contributed by atoms with Crippen LogP contribution < -0.4 is 0 Å². The van der Waals surface area contributed by atoms with Crippen molar-refractivity contribution in [3.05, 3.63) is 0 Å². The molecule has 0 aliphatic rings. The summed E-state index contributed by atoms with van der Waals surface area (Å²) in [6.07, 6.45) is 1.30. The molecule has 1 atom stereocenters. The van der Waals surface area contributed by atoms with E-state index in [0.29, 0.717) is 99.1 Å². The van der Waals surface area contributed by atoms with Crippen LogP contribution in [0.25, 0.3) is 0 Å². The predicted octanol–water partition coefficient (Wildman–Crippen LogP) is 0.910. The van der Waals surface area contributed by atoms with Gasteiger partial charge in [0.05, 0.1) is 112 Å². The zero-order chi connectivity index (χ0) is 21.3. The molecule has 1 N–H and O–H groups in total. The Balaban J connectivity index is 3.00. The lowest BCUT2D eigenvalue weighted by Gasteiger charge is -2.11. The molecule has 0 saturated carbocycles. The zero-order valence-electron chi connectivity index (χ0n) is 18.3. The van der Waals surface area contributed by atoms with Crippen LogP contribution in [0.2, 0.25) is 0 Å². The minimum Gasteiger partial charge on any atom is -0.394 e. The van der Waals surface area contributed by atoms with Crippen LogP contribution in [0, 0.1) is 0 Å². The Morgan fingerprint density at radius 1 is 0.483 bits per heavy atom. The van der Waals surface area contributed by atoms with Gasteiger partial charge in [0.2, 0.25) is 0 Å². The molecule has 1 unspecified atom stereocenters. The van der Waals surface area contributed by atoms with Crippen molar-refractivity contribution in [2.75, 3.05) is 106 Å². The van der Waals surface area contributed by atoms with Crippen molar-refractivity contribution in [2.24, 2.45) is 0 Å². The van der Waals surface area contributed by atoms with Gasteiger partial charge in [0, 0.05) is 0 Å². The Morgan fingerprint density at radius 2 is 0.759 bits per heavy atom. The molecule has 0 rings (SSSR count). The predicted molar refractivity (Wildman–Crippen MR) is 109 cm³/mol. The molecule has 0 aliphatic carbocycles. The lowest BCUT2D eigenvalue weighted by molar-refractivity contribution is -0.0272. The van der Waals surface area contributed by atoms with Gasteiger partial charge in [-0.05, 0) is 13.3 Å². The van der Waals surface area contributed by atoms with Gasteiger partial charge in [-0.15, -0.1) is 0 Å². The first kappa shape index (κ1) is 28.6. The van der Waals surface area contributed by atoms with Crippen LogP contribution in [0.5, 0.6) is 0 Å². The van der Waals surface area contributed by atoms with Gasteiger partial charge in [-0.2, -0.15) is 0 Å². The number of hydrogen-bond donors (Lipinski definition) is 1. The normalized spacial score (nSPS) is 12.5. The van der Waals surface area contributed by atoms with Crippen molar-refractivity contribution >= 4 is 0 Å². The first-order valence-corrected chi connectivity index (χ1v) is 10.6. The van der Waals surface area contributed by atoms with Crippen molar-refractivity contribution in [1.82, 2.24) is 0 Å². The summed E-state index contributed by atoms with van der Waals surface area (Å²) in [6.45, 7) is 12.1. The molecule has 0 aromatic carbocycles. The quantitative estimate of drug-likeness (QED) is 0.214. The smallest absolute Gasteiger partial charge is 0.0704 e. The molecule has 29 heavy (non-hydrogen) atoms. The second-order valence-electron chi connectivity index (χ2n) is 6.10. The Morgan fingerprint density at radius 3 is 1.03 bits per heavy atom. The van der Waals surface area contributed by atoms with E-state index in [9.17, 15) is 0 Å². The average molecular weight is 427 g/mol. The first-order chi connectivity index (χ1) is 14.3. The molecule has 0 saturated heterocycles. The molecule has 0 aliphatic heterocycles. The SMILES string of the molecule is CCC(C)OCCOCCOCCOCCOCCOCCOCCOCCO. The average Bonchev–Trinajstić information content (AvgIpc) is 2.74. The molecular formula is C20H42O9. The first-order valence-electron chi connectivity index (χ1n) is 10.6. The Labute approximate surface area is 175 Å². The molecule has 0 heterocycles. The maximum absolute atomic E-state index is 8.53. The van der Waals surface area contributed by atoms with Crippen LogP contribution >= 0.6 is 0 Å². The van der Waals surface area contributed by atoms with E-state index in [1.165, 1.54) is 0 Å². The molecule has 0 bridgehead atoms. The molecule has 0 fully saturated rings. The van der Waals surface area contributed by atoms with E-state index in [1.807, 2.05) is 0 Å². The van der Waals surface area contributed by atoms with Gasteiger partial charge < -0.3 is 43.0 Å². The number of aliphatic hydroxyl groups excluding tert-OH is 1. The summed E-state index contributed by atoms with van der Waals surface area (Å²) < 4.78 is 42.9. The molecule has 0 radical (unpaired) electrons. The highest BCUT2D eigenvalue weighted by atomic mass is 16.6. The molecule has 0 aromatic heterocycles. The summed E-state index contributed by atoms with van der Waals surface area (Å²) in [6, 6.07) is 0. The highest BCUT2D eigenvalue weighted by molar-refractivity contribution is 4.44. The molecule has 176 valence electrons. The van der Waals surface area contributed by atoms with Crippen LogP contribution in [0.15, 0.2) is 0 Å². The van der Waals surface area contributed by atoms with Gasteiger partial charge in [-0.25, -0.2) is 0 Å². The van der Waals surface area contributed by atoms with E-state index in [4.69, 9.17) is 43.0 Å². The largest absolute Gasteiger partial charge is 0.394 e. The molecule has 0 spiro atoms. The summed E-state index contributed by atoms with van der Waals surface area (Å²) in [5, 5.41) is 8.53. The molecule has 0 amide bonds. The van der Waals surface area contributed by atoms with E-state index in [-0.39, 0.29) is 12.7 Å². The van der Waals surface area contributed by atoms with Crippen molar-refractivity contribution in [2.45, 2.75) is 26.4 Å². The van der Waals surface area contributed by atoms with Gasteiger partial charge in [-0.1, -0.05) is 6.92 Å². The number of hydrogen-bond acceptors (Lipinski definition) is 9. The second kappa shape index (κ2) is 25.7. The third kappa shape index (κ3) is 25.6. The summed E-state index contributed by atoms with van der Waals surface area (Å²) in [5.41, 5.74) is 0. The highest BCUT2D eigenvalue weighted by Gasteiger charge is 1.98. The third-order valence-electron chi connectivity index (χ3n) is 3.67. The van der Waals surface area contributed by atoms with Crippen LogP contribution in [0.4, 0.5) is 0 Å². The van der Waals surface area contributed by atoms with Gasteiger partial charge in [-0.3, -0.25) is 0 Å². The summed E-state index contributed by atoms with van der Waals surface area (Å²) in [4.78, 5) is 0. The standard InChI is InChI=1S/C20H42O9/c1-3-20(2)29-19-18-28-17-16-27-15-14-26-13-12-25-11-10-24-9-8-23-7-6-22-5-4-21/h20-21H,3-19H2,1-2H3. The van der Waals surface area contributed by atoms with Crippen molar-refractivity contribution in [3.8, 4) is 0 Å². The maximum atomic E-state index is 8.53. The van der Waals surface area contributed by atoms with E-state index in [0.717, 1.165) is 6.42 Å². The van der Waals surface area contributed by atoms with Crippen LogP contribution in [0.3, 0.4) is 0 Å². The van der Waals surface area contributed by atoms with Crippen LogP contribution in [-0.2, 0) is 37.9 Å². The van der Waals surface area contributed by atoms with Gasteiger partial charge in [0.25, 0.3) is 0 Å². The Kier molecular flexibility index (Phi) is 25.4. The molecule has 0 aromatic rings. The highest BCUT2D eigenvalue weighted by Crippen LogP contribution is 1.94. The maximum Gasteiger partial charge on any atom is 0.0704 e. The fourth-order valence-corrected chi connectivity index (χ4v) is 1.91. The molecule has 9 heteroatoms. The van der Waals surface area contributed by atoms with Gasteiger partial charge in [0.15, 0.2) is 0 Å². The lowest BCUT2D eigenvalue weighted by Crippen LogP contribution is -2.15. The van der Waals surface area contributed by atoms with Crippen molar-refractivity contribution in [3.63, 3.8) is 0 Å². The fraction of sp³-hybridized carbons (Fsp3) is 1.00. The van der Waals surface area contributed by atoms with Crippen LogP contribution in [-0.4, -0.2) is 117 Å². The second-order valence-corrected chi connectivity index (χ2v) is 6.10. The van der Waals surface area contributed by atoms with E-state index >= 15 is 0 Å². The molecular weight excluding hydrogens is 384 g/mol. The van der Waals surface area contributed by atoms with Gasteiger partial charge in [0.1, 0.15) is 0 Å². The topological polar surface area (TPSA) is 94.1 Å².